The van der Waals surface area contributed by atoms with Crippen molar-refractivity contribution in [2.45, 2.75) is 82.7 Å². The third-order valence-corrected chi connectivity index (χ3v) is 4.56. The van der Waals surface area contributed by atoms with Crippen LogP contribution in [0.5, 0.6) is 0 Å². The Morgan fingerprint density at radius 3 is 2.39 bits per heavy atom. The van der Waals surface area contributed by atoms with Crippen LogP contribution in [0.25, 0.3) is 0 Å². The van der Waals surface area contributed by atoms with Crippen LogP contribution in [0, 0.1) is 0 Å². The highest BCUT2D eigenvalue weighted by Gasteiger charge is 2.23. The molecule has 3 atom stereocenters. The summed E-state index contributed by atoms with van der Waals surface area (Å²) in [5.41, 5.74) is 0. The van der Waals surface area contributed by atoms with Gasteiger partial charge in [0.15, 0.2) is 6.29 Å². The smallest absolute Gasteiger partial charge is 0.157 e. The van der Waals surface area contributed by atoms with Crippen LogP contribution in [0.3, 0.4) is 0 Å². The molecule has 2 aliphatic rings. The van der Waals surface area contributed by atoms with Gasteiger partial charge in [-0.05, 0) is 44.9 Å². The second-order valence-electron chi connectivity index (χ2n) is 6.63. The third-order valence-electron chi connectivity index (χ3n) is 4.56. The summed E-state index contributed by atoms with van der Waals surface area (Å²) in [4.78, 5) is 0. The first-order valence-electron chi connectivity index (χ1n) is 9.47. The van der Waals surface area contributed by atoms with E-state index in [1.54, 1.807) is 0 Å². The Kier molecular flexibility index (Phi) is 10.1. The Labute approximate surface area is 140 Å². The topological polar surface area (TPSA) is 57.2 Å². The summed E-state index contributed by atoms with van der Waals surface area (Å²) in [6.07, 6.45) is 10.6. The zero-order chi connectivity index (χ0) is 16.2. The van der Waals surface area contributed by atoms with Gasteiger partial charge < -0.3 is 24.1 Å². The summed E-state index contributed by atoms with van der Waals surface area (Å²) in [5, 5.41) is 9.76. The van der Waals surface area contributed by atoms with Gasteiger partial charge in [-0.1, -0.05) is 19.3 Å². The minimum Gasteiger partial charge on any atom is -0.390 e. The molecule has 5 nitrogen and oxygen atoms in total. The van der Waals surface area contributed by atoms with Crippen molar-refractivity contribution in [2.75, 3.05) is 33.0 Å². The van der Waals surface area contributed by atoms with Crippen LogP contribution in [-0.2, 0) is 18.9 Å². The average molecular weight is 330 g/mol. The zero-order valence-corrected chi connectivity index (χ0v) is 14.4. The molecule has 0 bridgehead atoms. The molecular formula is C18H34O5. The van der Waals surface area contributed by atoms with Crippen molar-refractivity contribution in [1.29, 1.82) is 0 Å². The maximum atomic E-state index is 9.76. The molecule has 5 heteroatoms. The molecule has 1 N–H and O–H groups in total. The second-order valence-corrected chi connectivity index (χ2v) is 6.63. The SMILES string of the molecule is OC1CCCOC1COCCCCCCCOC1CCCCO1. The lowest BCUT2D eigenvalue weighted by molar-refractivity contribution is -0.162. The van der Waals surface area contributed by atoms with E-state index in [2.05, 4.69) is 0 Å². The Morgan fingerprint density at radius 1 is 0.826 bits per heavy atom. The largest absolute Gasteiger partial charge is 0.390 e. The van der Waals surface area contributed by atoms with Crippen LogP contribution in [-0.4, -0.2) is 56.6 Å². The number of unbranched alkanes of at least 4 members (excludes halogenated alkanes) is 4. The first-order chi connectivity index (χ1) is 11.4. The molecule has 23 heavy (non-hydrogen) atoms. The molecule has 0 amide bonds. The van der Waals surface area contributed by atoms with Gasteiger partial charge in [-0.2, -0.15) is 0 Å². The summed E-state index contributed by atoms with van der Waals surface area (Å²) in [7, 11) is 0. The fraction of sp³-hybridized carbons (Fsp3) is 1.00. The van der Waals surface area contributed by atoms with Crippen LogP contribution >= 0.6 is 0 Å². The van der Waals surface area contributed by atoms with E-state index in [0.717, 1.165) is 58.5 Å². The summed E-state index contributed by atoms with van der Waals surface area (Å²) in [6, 6.07) is 0. The van der Waals surface area contributed by atoms with E-state index in [-0.39, 0.29) is 18.5 Å². The first-order valence-corrected chi connectivity index (χ1v) is 9.47. The quantitative estimate of drug-likeness (QED) is 0.590. The van der Waals surface area contributed by atoms with Crippen molar-refractivity contribution < 1.29 is 24.1 Å². The maximum Gasteiger partial charge on any atom is 0.157 e. The second kappa shape index (κ2) is 12.2. The van der Waals surface area contributed by atoms with Crippen molar-refractivity contribution in [3.8, 4) is 0 Å². The Balaban J connectivity index is 1.31. The lowest BCUT2D eigenvalue weighted by Crippen LogP contribution is -2.37. The highest BCUT2D eigenvalue weighted by molar-refractivity contribution is 4.72. The molecule has 0 aliphatic carbocycles. The van der Waals surface area contributed by atoms with Crippen LogP contribution in [0.2, 0.25) is 0 Å². The lowest BCUT2D eigenvalue weighted by atomic mass is 10.1. The number of hydrogen-bond acceptors (Lipinski definition) is 5. The Bertz CT molecular complexity index is 281. The Hall–Kier alpha value is -0.200. The van der Waals surface area contributed by atoms with Gasteiger partial charge in [-0.15, -0.1) is 0 Å². The van der Waals surface area contributed by atoms with Gasteiger partial charge in [0.1, 0.15) is 6.10 Å². The van der Waals surface area contributed by atoms with Gasteiger partial charge in [0.25, 0.3) is 0 Å². The van der Waals surface area contributed by atoms with E-state index in [9.17, 15) is 5.11 Å². The van der Waals surface area contributed by atoms with Crippen LogP contribution in [0.15, 0.2) is 0 Å². The normalized spacial score (nSPS) is 28.8. The van der Waals surface area contributed by atoms with E-state index < -0.39 is 0 Å². The molecule has 0 spiro atoms. The fourth-order valence-corrected chi connectivity index (χ4v) is 3.08. The van der Waals surface area contributed by atoms with Gasteiger partial charge in [-0.25, -0.2) is 0 Å². The van der Waals surface area contributed by atoms with E-state index in [1.807, 2.05) is 0 Å². The van der Waals surface area contributed by atoms with E-state index in [1.165, 1.54) is 32.1 Å². The summed E-state index contributed by atoms with van der Waals surface area (Å²) in [5.74, 6) is 0. The van der Waals surface area contributed by atoms with E-state index >= 15 is 0 Å². The molecule has 2 saturated heterocycles. The maximum absolute atomic E-state index is 9.76. The van der Waals surface area contributed by atoms with Gasteiger partial charge in [0.2, 0.25) is 0 Å². The molecule has 2 aliphatic heterocycles. The Morgan fingerprint density at radius 2 is 1.61 bits per heavy atom. The van der Waals surface area contributed by atoms with Gasteiger partial charge >= 0.3 is 0 Å². The van der Waals surface area contributed by atoms with E-state index in [0.29, 0.717) is 6.61 Å². The van der Waals surface area contributed by atoms with Gasteiger partial charge in [-0.3, -0.25) is 0 Å². The van der Waals surface area contributed by atoms with Gasteiger partial charge in [0, 0.05) is 26.4 Å². The monoisotopic (exact) mass is 330 g/mol. The molecule has 0 aromatic rings. The molecule has 136 valence electrons. The lowest BCUT2D eigenvalue weighted by Gasteiger charge is -2.27. The molecule has 2 heterocycles. The summed E-state index contributed by atoms with van der Waals surface area (Å²) in [6.45, 7) is 3.71. The van der Waals surface area contributed by atoms with Gasteiger partial charge in [0.05, 0.1) is 12.7 Å². The summed E-state index contributed by atoms with van der Waals surface area (Å²) < 4.78 is 22.4. The first kappa shape index (κ1) is 19.1. The predicted octanol–water partition coefficient (Wildman–Crippen LogP) is 3.04. The van der Waals surface area contributed by atoms with Crippen molar-refractivity contribution in [3.05, 3.63) is 0 Å². The van der Waals surface area contributed by atoms with Crippen molar-refractivity contribution in [3.63, 3.8) is 0 Å². The molecule has 0 radical (unpaired) electrons. The molecule has 2 rings (SSSR count). The molecule has 0 saturated carbocycles. The highest BCUT2D eigenvalue weighted by atomic mass is 16.7. The highest BCUT2D eigenvalue weighted by Crippen LogP contribution is 2.15. The molecular weight excluding hydrogens is 296 g/mol. The minimum absolute atomic E-state index is 0.0505. The average Bonchev–Trinajstić information content (AvgIpc) is 2.59. The molecule has 3 unspecified atom stereocenters. The van der Waals surface area contributed by atoms with Crippen LogP contribution < -0.4 is 0 Å². The number of hydrogen-bond donors (Lipinski definition) is 1. The molecule has 0 aromatic heterocycles. The van der Waals surface area contributed by atoms with Crippen molar-refractivity contribution in [2.24, 2.45) is 0 Å². The van der Waals surface area contributed by atoms with E-state index in [4.69, 9.17) is 18.9 Å². The summed E-state index contributed by atoms with van der Waals surface area (Å²) >= 11 is 0. The number of aliphatic hydroxyl groups is 1. The molecule has 0 aromatic carbocycles. The number of rotatable bonds is 11. The third kappa shape index (κ3) is 8.45. The fourth-order valence-electron chi connectivity index (χ4n) is 3.08. The molecule has 2 fully saturated rings. The number of aliphatic hydroxyl groups excluding tert-OH is 1. The predicted molar refractivity (Wildman–Crippen MR) is 88.4 cm³/mol. The van der Waals surface area contributed by atoms with Crippen molar-refractivity contribution in [1.82, 2.24) is 0 Å². The minimum atomic E-state index is -0.350. The van der Waals surface area contributed by atoms with Crippen LogP contribution in [0.1, 0.15) is 64.2 Å². The van der Waals surface area contributed by atoms with Crippen LogP contribution in [0.4, 0.5) is 0 Å². The zero-order valence-electron chi connectivity index (χ0n) is 14.4. The number of ether oxygens (including phenoxy) is 4. The van der Waals surface area contributed by atoms with Crippen molar-refractivity contribution >= 4 is 0 Å². The standard InChI is InChI=1S/C18H34O5/c19-16-9-8-14-21-17(16)15-20-11-5-2-1-3-6-12-22-18-10-4-7-13-23-18/h16-19H,1-15H2.